The molecule has 2 aromatic rings. The van der Waals surface area contributed by atoms with E-state index in [4.69, 9.17) is 9.72 Å². The van der Waals surface area contributed by atoms with Crippen LogP contribution in [0.15, 0.2) is 42.5 Å². The summed E-state index contributed by atoms with van der Waals surface area (Å²) in [7, 11) is -3.50. The first-order valence-electron chi connectivity index (χ1n) is 9.44. The van der Waals surface area contributed by atoms with Crippen LogP contribution in [0.3, 0.4) is 0 Å². The molecule has 2 aliphatic rings. The van der Waals surface area contributed by atoms with Gasteiger partial charge in [0.15, 0.2) is 0 Å². The van der Waals surface area contributed by atoms with Crippen molar-refractivity contribution >= 4 is 10.2 Å². The Morgan fingerprint density at radius 2 is 1.78 bits per heavy atom. The van der Waals surface area contributed by atoms with Gasteiger partial charge in [-0.25, -0.2) is 0 Å². The molecule has 0 aliphatic carbocycles. The fourth-order valence-corrected chi connectivity index (χ4v) is 5.70. The van der Waals surface area contributed by atoms with Crippen molar-refractivity contribution in [2.45, 2.75) is 25.8 Å². The molecule has 27 heavy (non-hydrogen) atoms. The second-order valence-corrected chi connectivity index (χ2v) is 8.96. The summed E-state index contributed by atoms with van der Waals surface area (Å²) in [6.07, 6.45) is 1.65. The lowest BCUT2D eigenvalue weighted by atomic mass is 10.0. The second-order valence-electron chi connectivity index (χ2n) is 7.08. The van der Waals surface area contributed by atoms with Crippen molar-refractivity contribution in [3.8, 4) is 11.1 Å². The van der Waals surface area contributed by atoms with Gasteiger partial charge in [-0.05, 0) is 43.0 Å². The summed E-state index contributed by atoms with van der Waals surface area (Å²) in [6.45, 7) is 4.26. The molecule has 0 N–H and O–H groups in total. The molecule has 0 radical (unpaired) electrons. The standard InChI is InChI=1S/C20H25N3O3S/c1-16-14-18(17-6-3-2-4-7-17)15-19(21-16)20-8-5-9-23(20)27(24,25)22-10-12-26-13-11-22/h2-4,6-7,14-15,20H,5,8-13H2,1H3/t20-/m1/s1. The zero-order chi connectivity index (χ0) is 18.9. The molecule has 144 valence electrons. The lowest BCUT2D eigenvalue weighted by molar-refractivity contribution is 0.0698. The molecule has 1 aromatic carbocycles. The summed E-state index contributed by atoms with van der Waals surface area (Å²) >= 11 is 0. The average molecular weight is 388 g/mol. The first-order valence-corrected chi connectivity index (χ1v) is 10.8. The summed E-state index contributed by atoms with van der Waals surface area (Å²) in [5.41, 5.74) is 3.93. The van der Waals surface area contributed by atoms with Gasteiger partial charge in [-0.3, -0.25) is 4.98 Å². The third-order valence-electron chi connectivity index (χ3n) is 5.22. The maximum atomic E-state index is 13.2. The fourth-order valence-electron chi connectivity index (χ4n) is 3.90. The van der Waals surface area contributed by atoms with Gasteiger partial charge in [-0.15, -0.1) is 0 Å². The number of rotatable bonds is 4. The number of hydrogen-bond donors (Lipinski definition) is 0. The molecule has 2 saturated heterocycles. The van der Waals surface area contributed by atoms with E-state index in [-0.39, 0.29) is 6.04 Å². The third kappa shape index (κ3) is 3.78. The molecule has 2 fully saturated rings. The number of hydrogen-bond acceptors (Lipinski definition) is 4. The zero-order valence-corrected chi connectivity index (χ0v) is 16.4. The molecule has 7 heteroatoms. The van der Waals surface area contributed by atoms with Crippen LogP contribution in [0.4, 0.5) is 0 Å². The smallest absolute Gasteiger partial charge is 0.282 e. The molecule has 6 nitrogen and oxygen atoms in total. The second kappa shape index (κ2) is 7.67. The molecule has 0 bridgehead atoms. The van der Waals surface area contributed by atoms with E-state index < -0.39 is 10.2 Å². The van der Waals surface area contributed by atoms with Crippen molar-refractivity contribution in [1.29, 1.82) is 0 Å². The third-order valence-corrected chi connectivity index (χ3v) is 7.27. The highest BCUT2D eigenvalue weighted by atomic mass is 32.2. The Kier molecular flexibility index (Phi) is 5.27. The van der Waals surface area contributed by atoms with Gasteiger partial charge in [0, 0.05) is 25.3 Å². The van der Waals surface area contributed by atoms with Crippen molar-refractivity contribution in [3.05, 3.63) is 53.9 Å². The Bertz CT molecular complexity index is 896. The molecule has 0 amide bonds. The van der Waals surface area contributed by atoms with Crippen LogP contribution in [0.2, 0.25) is 0 Å². The summed E-state index contributed by atoms with van der Waals surface area (Å²) in [5, 5.41) is 0. The number of morpholine rings is 1. The van der Waals surface area contributed by atoms with Gasteiger partial charge in [0.25, 0.3) is 10.2 Å². The Morgan fingerprint density at radius 1 is 1.04 bits per heavy atom. The Labute approximate surface area is 161 Å². The van der Waals surface area contributed by atoms with Crippen molar-refractivity contribution in [2.75, 3.05) is 32.8 Å². The fraction of sp³-hybridized carbons (Fsp3) is 0.450. The minimum absolute atomic E-state index is 0.208. The van der Waals surface area contributed by atoms with Crippen LogP contribution in [0.1, 0.15) is 30.3 Å². The number of ether oxygens (including phenoxy) is 1. The predicted octanol–water partition coefficient (Wildman–Crippen LogP) is 2.77. The first-order chi connectivity index (χ1) is 13.1. The van der Waals surface area contributed by atoms with E-state index in [9.17, 15) is 8.42 Å². The van der Waals surface area contributed by atoms with Crippen LogP contribution in [0.25, 0.3) is 11.1 Å². The van der Waals surface area contributed by atoms with Gasteiger partial charge in [0.2, 0.25) is 0 Å². The molecule has 0 unspecified atom stereocenters. The van der Waals surface area contributed by atoms with Crippen LogP contribution in [-0.2, 0) is 14.9 Å². The molecule has 1 atom stereocenters. The van der Waals surface area contributed by atoms with Crippen molar-refractivity contribution in [1.82, 2.24) is 13.6 Å². The predicted molar refractivity (Wildman–Crippen MR) is 104 cm³/mol. The number of benzene rings is 1. The van der Waals surface area contributed by atoms with E-state index in [0.29, 0.717) is 32.8 Å². The molecule has 2 aliphatic heterocycles. The summed E-state index contributed by atoms with van der Waals surface area (Å²) in [5.74, 6) is 0. The molecule has 1 aromatic heterocycles. The van der Waals surface area contributed by atoms with Crippen LogP contribution >= 0.6 is 0 Å². The van der Waals surface area contributed by atoms with Crippen LogP contribution < -0.4 is 0 Å². The SMILES string of the molecule is Cc1cc(-c2ccccc2)cc([C@H]2CCCN2S(=O)(=O)N2CCOCC2)n1. The topological polar surface area (TPSA) is 62.7 Å². The number of pyridine rings is 1. The lowest BCUT2D eigenvalue weighted by Gasteiger charge is -2.33. The van der Waals surface area contributed by atoms with E-state index in [0.717, 1.165) is 35.4 Å². The molecule has 0 saturated carbocycles. The normalized spacial score (nSPS) is 22.2. The quantitative estimate of drug-likeness (QED) is 0.809. The Balaban J connectivity index is 1.67. The maximum Gasteiger partial charge on any atom is 0.282 e. The molecular weight excluding hydrogens is 362 g/mol. The van der Waals surface area contributed by atoms with Gasteiger partial charge in [-0.2, -0.15) is 17.0 Å². The number of aromatic nitrogens is 1. The first kappa shape index (κ1) is 18.6. The summed E-state index contributed by atoms with van der Waals surface area (Å²) in [4.78, 5) is 4.70. The zero-order valence-electron chi connectivity index (χ0n) is 15.5. The van der Waals surface area contributed by atoms with E-state index in [1.807, 2.05) is 31.2 Å². The van der Waals surface area contributed by atoms with Gasteiger partial charge in [-0.1, -0.05) is 30.3 Å². The largest absolute Gasteiger partial charge is 0.379 e. The van der Waals surface area contributed by atoms with Gasteiger partial charge in [0.05, 0.1) is 24.9 Å². The van der Waals surface area contributed by atoms with Gasteiger partial charge < -0.3 is 4.74 Å². The van der Waals surface area contributed by atoms with Crippen LogP contribution in [-0.4, -0.2) is 54.9 Å². The highest BCUT2D eigenvalue weighted by molar-refractivity contribution is 7.86. The van der Waals surface area contributed by atoms with Crippen molar-refractivity contribution in [2.24, 2.45) is 0 Å². The van der Waals surface area contributed by atoms with Gasteiger partial charge >= 0.3 is 0 Å². The molecule has 0 spiro atoms. The lowest BCUT2D eigenvalue weighted by Crippen LogP contribution is -2.48. The van der Waals surface area contributed by atoms with Gasteiger partial charge in [0.1, 0.15) is 0 Å². The molecular formula is C20H25N3O3S. The van der Waals surface area contributed by atoms with Crippen LogP contribution in [0.5, 0.6) is 0 Å². The van der Waals surface area contributed by atoms with E-state index >= 15 is 0 Å². The van der Waals surface area contributed by atoms with E-state index in [1.165, 1.54) is 0 Å². The number of aryl methyl sites for hydroxylation is 1. The Morgan fingerprint density at radius 3 is 2.52 bits per heavy atom. The molecule has 4 rings (SSSR count). The molecule has 3 heterocycles. The average Bonchev–Trinajstić information content (AvgIpc) is 3.20. The Hall–Kier alpha value is -1.80. The van der Waals surface area contributed by atoms with Crippen molar-refractivity contribution in [3.63, 3.8) is 0 Å². The highest BCUT2D eigenvalue weighted by Gasteiger charge is 2.40. The number of nitrogens with zero attached hydrogens (tertiary/aromatic N) is 3. The van der Waals surface area contributed by atoms with Crippen molar-refractivity contribution < 1.29 is 13.2 Å². The van der Waals surface area contributed by atoms with E-state index in [2.05, 4.69) is 18.2 Å². The monoisotopic (exact) mass is 387 g/mol. The summed E-state index contributed by atoms with van der Waals surface area (Å²) in [6, 6.07) is 14.0. The minimum Gasteiger partial charge on any atom is -0.379 e. The van der Waals surface area contributed by atoms with Crippen LogP contribution in [0, 0.1) is 6.92 Å². The van der Waals surface area contributed by atoms with E-state index in [1.54, 1.807) is 8.61 Å². The highest BCUT2D eigenvalue weighted by Crippen LogP contribution is 2.36. The minimum atomic E-state index is -3.50. The maximum absolute atomic E-state index is 13.2. The summed E-state index contributed by atoms with van der Waals surface area (Å²) < 4.78 is 34.9.